The first-order chi connectivity index (χ1) is 8.88. The Kier molecular flexibility index (Phi) is 3.24. The molecule has 8 heteroatoms. The van der Waals surface area contributed by atoms with Gasteiger partial charge in [0.1, 0.15) is 0 Å². The smallest absolute Gasteiger partial charge is 0.199 e. The van der Waals surface area contributed by atoms with E-state index in [0.29, 0.717) is 11.5 Å². The molecule has 0 N–H and O–H groups in total. The van der Waals surface area contributed by atoms with E-state index >= 15 is 0 Å². The second kappa shape index (κ2) is 5.03. The van der Waals surface area contributed by atoms with Crippen LogP contribution >= 0.6 is 11.6 Å². The van der Waals surface area contributed by atoms with E-state index in [1.807, 2.05) is 0 Å². The van der Waals surface area contributed by atoms with Crippen molar-refractivity contribution in [3.8, 4) is 0 Å². The molecule has 0 atom stereocenters. The zero-order chi connectivity index (χ0) is 12.4. The van der Waals surface area contributed by atoms with Crippen LogP contribution in [0.25, 0.3) is 5.65 Å². The summed E-state index contributed by atoms with van der Waals surface area (Å²) < 4.78 is 1.73. The number of fused-ring (bicyclic) bond motifs is 1. The van der Waals surface area contributed by atoms with E-state index in [2.05, 4.69) is 30.3 Å². The third-order valence-electron chi connectivity index (χ3n) is 3.19. The van der Waals surface area contributed by atoms with Crippen LogP contribution in [0.2, 0.25) is 0 Å². The van der Waals surface area contributed by atoms with Gasteiger partial charge in [0, 0.05) is 38.6 Å². The topological polar surface area (TPSA) is 62.5 Å². The molecule has 0 amide bonds. The summed E-state index contributed by atoms with van der Waals surface area (Å²) in [7, 11) is 0. The standard InChI is InChI=1S/C10H14ClN7/c11-1-2-16-3-5-17(6-4-16)10-8-12-7-9-13-14-15-18(9)10/h7-8H,1-6H2. The second-order valence-electron chi connectivity index (χ2n) is 4.23. The maximum Gasteiger partial charge on any atom is 0.199 e. The summed E-state index contributed by atoms with van der Waals surface area (Å²) in [6.45, 7) is 4.84. The Morgan fingerprint density at radius 1 is 1.17 bits per heavy atom. The minimum Gasteiger partial charge on any atom is -0.353 e. The molecule has 3 heterocycles. The minimum absolute atomic E-state index is 0.677. The zero-order valence-corrected chi connectivity index (χ0v) is 10.7. The molecule has 0 saturated carbocycles. The molecule has 0 aromatic carbocycles. The molecule has 96 valence electrons. The molecule has 0 bridgehead atoms. The van der Waals surface area contributed by atoms with Crippen LogP contribution in [-0.2, 0) is 0 Å². The van der Waals surface area contributed by atoms with Gasteiger partial charge >= 0.3 is 0 Å². The van der Waals surface area contributed by atoms with Gasteiger partial charge in [-0.3, -0.25) is 9.88 Å². The highest BCUT2D eigenvalue weighted by Crippen LogP contribution is 2.15. The molecule has 2 aromatic heterocycles. The predicted molar refractivity (Wildman–Crippen MR) is 68.0 cm³/mol. The van der Waals surface area contributed by atoms with Crippen molar-refractivity contribution in [3.63, 3.8) is 0 Å². The van der Waals surface area contributed by atoms with E-state index < -0.39 is 0 Å². The van der Waals surface area contributed by atoms with Gasteiger partial charge in [0.25, 0.3) is 0 Å². The van der Waals surface area contributed by atoms with Gasteiger partial charge in [-0.05, 0) is 10.4 Å². The van der Waals surface area contributed by atoms with Crippen molar-refractivity contribution in [3.05, 3.63) is 12.4 Å². The molecular formula is C10H14ClN7. The minimum atomic E-state index is 0.677. The SMILES string of the molecule is ClCCN1CCN(c2cncc3nnnn23)CC1. The third kappa shape index (κ3) is 2.11. The number of hydrogen-bond donors (Lipinski definition) is 0. The monoisotopic (exact) mass is 267 g/mol. The van der Waals surface area contributed by atoms with Crippen LogP contribution in [0.4, 0.5) is 5.82 Å². The Morgan fingerprint density at radius 2 is 2.00 bits per heavy atom. The van der Waals surface area contributed by atoms with Crippen molar-refractivity contribution < 1.29 is 0 Å². The average Bonchev–Trinajstić information content (AvgIpc) is 2.88. The van der Waals surface area contributed by atoms with Crippen molar-refractivity contribution in [2.75, 3.05) is 43.5 Å². The number of halogens is 1. The molecule has 0 radical (unpaired) electrons. The number of anilines is 1. The van der Waals surface area contributed by atoms with Crippen LogP contribution in [0.15, 0.2) is 12.4 Å². The molecule has 2 aromatic rings. The normalized spacial score (nSPS) is 17.5. The molecule has 3 rings (SSSR count). The lowest BCUT2D eigenvalue weighted by Gasteiger charge is -2.35. The number of alkyl halides is 1. The van der Waals surface area contributed by atoms with Gasteiger partial charge in [-0.1, -0.05) is 0 Å². The van der Waals surface area contributed by atoms with Crippen LogP contribution in [0.1, 0.15) is 0 Å². The first-order valence-corrected chi connectivity index (χ1v) is 6.47. The number of nitrogens with zero attached hydrogens (tertiary/aromatic N) is 7. The van der Waals surface area contributed by atoms with Crippen molar-refractivity contribution in [1.82, 2.24) is 29.9 Å². The Morgan fingerprint density at radius 3 is 2.78 bits per heavy atom. The molecule has 7 nitrogen and oxygen atoms in total. The summed E-state index contributed by atoms with van der Waals surface area (Å²) >= 11 is 5.76. The Balaban J connectivity index is 1.78. The molecule has 0 spiro atoms. The van der Waals surface area contributed by atoms with Crippen molar-refractivity contribution >= 4 is 23.1 Å². The summed E-state index contributed by atoms with van der Waals surface area (Å²) in [5.41, 5.74) is 0.677. The fraction of sp³-hybridized carbons (Fsp3) is 0.600. The van der Waals surface area contributed by atoms with E-state index in [1.165, 1.54) is 0 Å². The van der Waals surface area contributed by atoms with Gasteiger partial charge in [0.15, 0.2) is 11.5 Å². The Bertz CT molecular complexity index is 520. The lowest BCUT2D eigenvalue weighted by Crippen LogP contribution is -2.47. The summed E-state index contributed by atoms with van der Waals surface area (Å²) in [6.07, 6.45) is 3.47. The van der Waals surface area contributed by atoms with Crippen LogP contribution < -0.4 is 4.90 Å². The van der Waals surface area contributed by atoms with Crippen molar-refractivity contribution in [1.29, 1.82) is 0 Å². The summed E-state index contributed by atoms with van der Waals surface area (Å²) in [6, 6.07) is 0. The fourth-order valence-electron chi connectivity index (χ4n) is 2.20. The highest BCUT2D eigenvalue weighted by molar-refractivity contribution is 6.18. The number of rotatable bonds is 3. The predicted octanol–water partition coefficient (Wildman–Crippen LogP) is -0.120. The Hall–Kier alpha value is -1.47. The van der Waals surface area contributed by atoms with E-state index in [4.69, 9.17) is 11.6 Å². The quantitative estimate of drug-likeness (QED) is 0.723. The summed E-state index contributed by atoms with van der Waals surface area (Å²) in [4.78, 5) is 8.78. The zero-order valence-electron chi connectivity index (χ0n) is 9.91. The molecule has 1 aliphatic heterocycles. The largest absolute Gasteiger partial charge is 0.353 e. The van der Waals surface area contributed by atoms with Crippen molar-refractivity contribution in [2.45, 2.75) is 0 Å². The molecule has 1 saturated heterocycles. The number of piperazine rings is 1. The number of hydrogen-bond acceptors (Lipinski definition) is 6. The highest BCUT2D eigenvalue weighted by Gasteiger charge is 2.19. The molecule has 0 aliphatic carbocycles. The second-order valence-corrected chi connectivity index (χ2v) is 4.61. The number of aromatic nitrogens is 5. The van der Waals surface area contributed by atoms with Crippen LogP contribution in [0, 0.1) is 0 Å². The third-order valence-corrected chi connectivity index (χ3v) is 3.36. The van der Waals surface area contributed by atoms with Crippen LogP contribution in [0.5, 0.6) is 0 Å². The molecule has 18 heavy (non-hydrogen) atoms. The van der Waals surface area contributed by atoms with Gasteiger partial charge in [-0.25, -0.2) is 0 Å². The van der Waals surface area contributed by atoms with Gasteiger partial charge in [-0.2, -0.15) is 4.52 Å². The summed E-state index contributed by atoms with van der Waals surface area (Å²) in [5, 5.41) is 11.6. The lowest BCUT2D eigenvalue weighted by atomic mass is 10.3. The lowest BCUT2D eigenvalue weighted by molar-refractivity contribution is 0.271. The van der Waals surface area contributed by atoms with Gasteiger partial charge < -0.3 is 4.90 Å². The van der Waals surface area contributed by atoms with Crippen LogP contribution in [0.3, 0.4) is 0 Å². The van der Waals surface area contributed by atoms with E-state index in [0.717, 1.165) is 38.5 Å². The highest BCUT2D eigenvalue weighted by atomic mass is 35.5. The first-order valence-electron chi connectivity index (χ1n) is 5.94. The van der Waals surface area contributed by atoms with E-state index in [1.54, 1.807) is 16.9 Å². The average molecular weight is 268 g/mol. The van der Waals surface area contributed by atoms with Crippen LogP contribution in [-0.4, -0.2) is 68.5 Å². The molecule has 1 fully saturated rings. The van der Waals surface area contributed by atoms with Gasteiger partial charge in [0.05, 0.1) is 12.4 Å². The number of tetrazole rings is 1. The van der Waals surface area contributed by atoms with Crippen molar-refractivity contribution in [2.24, 2.45) is 0 Å². The molecule has 0 unspecified atom stereocenters. The maximum atomic E-state index is 5.76. The van der Waals surface area contributed by atoms with Gasteiger partial charge in [-0.15, -0.1) is 16.7 Å². The fourth-order valence-corrected chi connectivity index (χ4v) is 2.44. The molecular weight excluding hydrogens is 254 g/mol. The Labute approximate surface area is 109 Å². The maximum absolute atomic E-state index is 5.76. The summed E-state index contributed by atoms with van der Waals surface area (Å²) in [5.74, 6) is 1.63. The molecule has 1 aliphatic rings. The van der Waals surface area contributed by atoms with E-state index in [-0.39, 0.29) is 0 Å². The first kappa shape index (κ1) is 11.6. The van der Waals surface area contributed by atoms with Gasteiger partial charge in [0.2, 0.25) is 0 Å². The van der Waals surface area contributed by atoms with E-state index in [9.17, 15) is 0 Å².